The van der Waals surface area contributed by atoms with Gasteiger partial charge < -0.3 is 0 Å². The Balaban J connectivity index is 1.63. The molecule has 5 heteroatoms. The summed E-state index contributed by atoms with van der Waals surface area (Å²) in [5.41, 5.74) is 1.73. The molecule has 0 fully saturated rings. The van der Waals surface area contributed by atoms with E-state index in [1.807, 2.05) is 12.1 Å². The molecular weight excluding hydrogens is 322 g/mol. The van der Waals surface area contributed by atoms with Crippen molar-refractivity contribution in [3.8, 4) is 0 Å². The molecule has 0 saturated heterocycles. The predicted octanol–water partition coefficient (Wildman–Crippen LogP) is 5.05. The molecule has 0 spiro atoms. The van der Waals surface area contributed by atoms with Crippen LogP contribution in [0.4, 0.5) is 8.78 Å². The fraction of sp³-hybridized carbons (Fsp3) is 0.235. The van der Waals surface area contributed by atoms with Gasteiger partial charge in [0.2, 0.25) is 0 Å². The van der Waals surface area contributed by atoms with Crippen molar-refractivity contribution in [2.75, 3.05) is 5.75 Å². The molecule has 0 heterocycles. The van der Waals surface area contributed by atoms with Crippen LogP contribution in [-0.2, 0) is 16.3 Å². The van der Waals surface area contributed by atoms with E-state index in [1.165, 1.54) is 36.0 Å². The number of hydrogen-bond donors (Lipinski definition) is 0. The molecule has 0 atom stereocenters. The number of carbonyl (C=O) groups excluding carboxylic acids is 1. The van der Waals surface area contributed by atoms with E-state index in [4.69, 9.17) is 0 Å². The molecular formula is C17H16F2OS2. The van der Waals surface area contributed by atoms with Crippen molar-refractivity contribution in [2.45, 2.75) is 17.9 Å². The van der Waals surface area contributed by atoms with E-state index >= 15 is 0 Å². The predicted molar refractivity (Wildman–Crippen MR) is 89.9 cm³/mol. The zero-order chi connectivity index (χ0) is 15.8. The van der Waals surface area contributed by atoms with Gasteiger partial charge in [-0.2, -0.15) is 11.8 Å². The van der Waals surface area contributed by atoms with Crippen LogP contribution in [0.2, 0.25) is 0 Å². The molecule has 2 aromatic rings. The number of halogens is 2. The molecule has 0 N–H and O–H groups in total. The Labute approximate surface area is 137 Å². The molecule has 0 radical (unpaired) electrons. The molecule has 0 saturated carbocycles. The molecule has 2 aromatic carbocycles. The Morgan fingerprint density at radius 3 is 2.09 bits per heavy atom. The van der Waals surface area contributed by atoms with Crippen LogP contribution in [-0.4, -0.2) is 10.9 Å². The topological polar surface area (TPSA) is 17.1 Å². The minimum absolute atomic E-state index is 0.0935. The molecule has 0 bridgehead atoms. The normalized spacial score (nSPS) is 10.6. The Morgan fingerprint density at radius 1 is 0.909 bits per heavy atom. The highest BCUT2D eigenvalue weighted by Crippen LogP contribution is 2.19. The Morgan fingerprint density at radius 2 is 1.50 bits per heavy atom. The van der Waals surface area contributed by atoms with Crippen molar-refractivity contribution in [1.29, 1.82) is 0 Å². The number of thioether (sulfide) groups is 2. The Bertz CT molecular complexity index is 632. The summed E-state index contributed by atoms with van der Waals surface area (Å²) in [4.78, 5) is 11.8. The molecule has 0 aliphatic rings. The smallest absolute Gasteiger partial charge is 0.190 e. The lowest BCUT2D eigenvalue weighted by Gasteiger charge is -2.03. The maximum absolute atomic E-state index is 13.0. The van der Waals surface area contributed by atoms with Gasteiger partial charge in [-0.1, -0.05) is 36.0 Å². The fourth-order valence-corrected chi connectivity index (χ4v) is 3.61. The summed E-state index contributed by atoms with van der Waals surface area (Å²) in [6.07, 6.45) is 0.458. The average molecular weight is 338 g/mol. The summed E-state index contributed by atoms with van der Waals surface area (Å²) < 4.78 is 26.0. The van der Waals surface area contributed by atoms with Gasteiger partial charge in [-0.3, -0.25) is 4.79 Å². The van der Waals surface area contributed by atoms with Crippen LogP contribution < -0.4 is 0 Å². The van der Waals surface area contributed by atoms with Gasteiger partial charge in [0.1, 0.15) is 11.6 Å². The fourth-order valence-electron chi connectivity index (χ4n) is 1.84. The van der Waals surface area contributed by atoms with E-state index < -0.39 is 0 Å². The third kappa shape index (κ3) is 6.20. The number of hydrogen-bond acceptors (Lipinski definition) is 3. The molecule has 2 rings (SSSR count). The van der Waals surface area contributed by atoms with Gasteiger partial charge in [0.15, 0.2) is 5.12 Å². The highest BCUT2D eigenvalue weighted by Gasteiger charge is 2.05. The van der Waals surface area contributed by atoms with E-state index in [0.29, 0.717) is 23.7 Å². The van der Waals surface area contributed by atoms with E-state index in [9.17, 15) is 13.6 Å². The third-order valence-corrected chi connectivity index (χ3v) is 4.93. The van der Waals surface area contributed by atoms with Crippen molar-refractivity contribution >= 4 is 28.6 Å². The molecule has 0 aromatic heterocycles. The van der Waals surface area contributed by atoms with E-state index in [-0.39, 0.29) is 16.7 Å². The van der Waals surface area contributed by atoms with E-state index in [2.05, 4.69) is 0 Å². The van der Waals surface area contributed by atoms with Gasteiger partial charge in [0.05, 0.1) is 0 Å². The molecule has 22 heavy (non-hydrogen) atoms. The molecule has 0 aliphatic heterocycles. The van der Waals surface area contributed by atoms with Crippen molar-refractivity contribution < 1.29 is 13.6 Å². The summed E-state index contributed by atoms with van der Waals surface area (Å²) in [7, 11) is 0. The van der Waals surface area contributed by atoms with Crippen LogP contribution in [0.15, 0.2) is 48.5 Å². The van der Waals surface area contributed by atoms with Crippen LogP contribution in [0, 0.1) is 11.6 Å². The largest absolute Gasteiger partial charge is 0.287 e. The van der Waals surface area contributed by atoms with Crippen LogP contribution in [0.1, 0.15) is 17.5 Å². The van der Waals surface area contributed by atoms with E-state index in [1.54, 1.807) is 23.9 Å². The van der Waals surface area contributed by atoms with Gasteiger partial charge in [0, 0.05) is 23.7 Å². The summed E-state index contributed by atoms with van der Waals surface area (Å²) in [5, 5.41) is 0.0935. The maximum Gasteiger partial charge on any atom is 0.190 e. The molecule has 0 amide bonds. The Kier molecular flexibility index (Phi) is 6.93. The van der Waals surface area contributed by atoms with Gasteiger partial charge in [-0.05, 0) is 35.4 Å². The quantitative estimate of drug-likeness (QED) is 0.658. The first kappa shape index (κ1) is 17.0. The minimum Gasteiger partial charge on any atom is -0.287 e. The van der Waals surface area contributed by atoms with Crippen molar-refractivity contribution in [2.24, 2.45) is 0 Å². The van der Waals surface area contributed by atoms with Crippen molar-refractivity contribution in [1.82, 2.24) is 0 Å². The SMILES string of the molecule is O=C(CCSCc1cccc(F)c1)SCc1cccc(F)c1. The van der Waals surface area contributed by atoms with E-state index in [0.717, 1.165) is 11.1 Å². The van der Waals surface area contributed by atoms with Crippen LogP contribution in [0.5, 0.6) is 0 Å². The van der Waals surface area contributed by atoms with Crippen molar-refractivity contribution in [3.63, 3.8) is 0 Å². The molecule has 0 aliphatic carbocycles. The van der Waals surface area contributed by atoms with Crippen molar-refractivity contribution in [3.05, 3.63) is 71.3 Å². The zero-order valence-electron chi connectivity index (χ0n) is 11.9. The lowest BCUT2D eigenvalue weighted by Crippen LogP contribution is -1.96. The standard InChI is InChI=1S/C17H16F2OS2/c18-15-5-1-3-13(9-15)11-21-8-7-17(20)22-12-14-4-2-6-16(19)10-14/h1-6,9-10H,7-8,11-12H2. The third-order valence-electron chi connectivity index (χ3n) is 2.90. The second kappa shape index (κ2) is 8.96. The van der Waals surface area contributed by atoms with Gasteiger partial charge in [0.25, 0.3) is 0 Å². The first-order valence-electron chi connectivity index (χ1n) is 6.86. The lowest BCUT2D eigenvalue weighted by atomic mass is 10.2. The van der Waals surface area contributed by atoms with Gasteiger partial charge >= 0.3 is 0 Å². The van der Waals surface area contributed by atoms with Gasteiger partial charge in [-0.15, -0.1) is 0 Å². The first-order valence-corrected chi connectivity index (χ1v) is 9.00. The minimum atomic E-state index is -0.281. The van der Waals surface area contributed by atoms with Crippen LogP contribution in [0.25, 0.3) is 0 Å². The Hall–Kier alpha value is -1.33. The second-order valence-corrected chi connectivity index (χ2v) is 6.86. The molecule has 116 valence electrons. The number of carbonyl (C=O) groups is 1. The van der Waals surface area contributed by atoms with Crippen LogP contribution >= 0.6 is 23.5 Å². The monoisotopic (exact) mass is 338 g/mol. The van der Waals surface area contributed by atoms with Crippen LogP contribution in [0.3, 0.4) is 0 Å². The summed E-state index contributed by atoms with van der Waals surface area (Å²) in [5.74, 6) is 1.37. The summed E-state index contributed by atoms with van der Waals surface area (Å²) >= 11 is 2.81. The highest BCUT2D eigenvalue weighted by molar-refractivity contribution is 8.13. The first-order chi connectivity index (χ1) is 10.6. The maximum atomic E-state index is 13.0. The molecule has 1 nitrogen and oxygen atoms in total. The second-order valence-electron chi connectivity index (χ2n) is 4.72. The number of benzene rings is 2. The summed E-state index contributed by atoms with van der Waals surface area (Å²) in [6, 6.07) is 12.8. The highest BCUT2D eigenvalue weighted by atomic mass is 32.2. The molecule has 0 unspecified atom stereocenters. The average Bonchev–Trinajstić information content (AvgIpc) is 2.50. The van der Waals surface area contributed by atoms with Gasteiger partial charge in [-0.25, -0.2) is 8.78 Å². The zero-order valence-corrected chi connectivity index (χ0v) is 13.6. The summed E-state index contributed by atoms with van der Waals surface area (Å²) in [6.45, 7) is 0. The number of rotatable bonds is 7. The lowest BCUT2D eigenvalue weighted by molar-refractivity contribution is -0.110.